The molecule has 0 bridgehead atoms. The summed E-state index contributed by atoms with van der Waals surface area (Å²) in [6, 6.07) is 0. The maximum Gasteiger partial charge on any atom is 0.0434 e. The van der Waals surface area contributed by atoms with Crippen LogP contribution in [0.3, 0.4) is 0 Å². The number of rotatable bonds is 2. The Kier molecular flexibility index (Phi) is 3.60. The lowest BCUT2D eigenvalue weighted by Gasteiger charge is -2.62. The molecule has 0 aromatic carbocycles. The Morgan fingerprint density at radius 1 is 0.944 bits per heavy atom. The molecule has 0 aromatic heterocycles. The molecule has 1 heteroatoms. The van der Waals surface area contributed by atoms with Crippen LogP contribution in [0.25, 0.3) is 0 Å². The van der Waals surface area contributed by atoms with E-state index in [2.05, 4.69) is 34.6 Å². The molecule has 0 saturated heterocycles. The fourth-order valence-electron chi connectivity index (χ4n) is 5.74. The highest BCUT2D eigenvalue weighted by molar-refractivity contribution is 5.05. The summed E-state index contributed by atoms with van der Waals surface area (Å²) < 4.78 is 0. The third-order valence-electron chi connectivity index (χ3n) is 6.51. The molecule has 2 fully saturated rings. The van der Waals surface area contributed by atoms with Gasteiger partial charge in [-0.2, -0.15) is 0 Å². The van der Waals surface area contributed by atoms with Gasteiger partial charge >= 0.3 is 0 Å². The van der Waals surface area contributed by atoms with E-state index in [4.69, 9.17) is 0 Å². The predicted molar refractivity (Wildman–Crippen MR) is 77.4 cm³/mol. The highest BCUT2D eigenvalue weighted by Gasteiger charge is 2.56. The first-order chi connectivity index (χ1) is 8.24. The van der Waals surface area contributed by atoms with Gasteiger partial charge in [0.2, 0.25) is 0 Å². The maximum atomic E-state index is 9.49. The summed E-state index contributed by atoms with van der Waals surface area (Å²) >= 11 is 0. The topological polar surface area (TPSA) is 20.2 Å². The average molecular weight is 252 g/mol. The minimum absolute atomic E-state index is 0.358. The van der Waals surface area contributed by atoms with Gasteiger partial charge in [0, 0.05) is 6.61 Å². The fourth-order valence-corrected chi connectivity index (χ4v) is 5.74. The van der Waals surface area contributed by atoms with Gasteiger partial charge in [0.25, 0.3) is 0 Å². The van der Waals surface area contributed by atoms with Crippen molar-refractivity contribution >= 4 is 0 Å². The lowest BCUT2D eigenvalue weighted by atomic mass is 9.43. The number of aliphatic hydroxyl groups excluding tert-OH is 1. The van der Waals surface area contributed by atoms with Crippen LogP contribution in [0.2, 0.25) is 0 Å². The van der Waals surface area contributed by atoms with Crippen LogP contribution in [-0.4, -0.2) is 11.7 Å². The standard InChI is InChI=1S/C17H32O/c1-15(2)9-6-10-17(5)13(15)7-11-16(3,4)14(17)8-12-18/h13-14,18H,6-12H2,1-5H3/t13-,14-,17-/m0/s1. The normalized spacial score (nSPS) is 42.3. The van der Waals surface area contributed by atoms with Crippen molar-refractivity contribution in [3.63, 3.8) is 0 Å². The average Bonchev–Trinajstić information content (AvgIpc) is 2.22. The van der Waals surface area contributed by atoms with E-state index < -0.39 is 0 Å². The highest BCUT2D eigenvalue weighted by atomic mass is 16.3. The van der Waals surface area contributed by atoms with Crippen LogP contribution in [0, 0.1) is 28.1 Å². The summed E-state index contributed by atoms with van der Waals surface area (Å²) in [5, 5.41) is 9.49. The summed E-state index contributed by atoms with van der Waals surface area (Å²) in [5.74, 6) is 1.54. The molecule has 0 amide bonds. The van der Waals surface area contributed by atoms with Gasteiger partial charge in [0.05, 0.1) is 0 Å². The van der Waals surface area contributed by atoms with Crippen LogP contribution in [0.5, 0.6) is 0 Å². The Morgan fingerprint density at radius 2 is 1.61 bits per heavy atom. The molecule has 0 heterocycles. The van der Waals surface area contributed by atoms with Crippen LogP contribution < -0.4 is 0 Å². The molecule has 0 radical (unpaired) electrons. The molecule has 2 rings (SSSR count). The van der Waals surface area contributed by atoms with Crippen molar-refractivity contribution in [1.29, 1.82) is 0 Å². The first kappa shape index (κ1) is 14.4. The Morgan fingerprint density at radius 3 is 2.22 bits per heavy atom. The van der Waals surface area contributed by atoms with E-state index in [1.54, 1.807) is 0 Å². The van der Waals surface area contributed by atoms with Crippen molar-refractivity contribution < 1.29 is 5.11 Å². The van der Waals surface area contributed by atoms with E-state index >= 15 is 0 Å². The Bertz CT molecular complexity index is 305. The molecule has 0 aromatic rings. The molecule has 2 saturated carbocycles. The molecule has 3 atom stereocenters. The molecule has 2 aliphatic carbocycles. The number of hydrogen-bond donors (Lipinski definition) is 1. The largest absolute Gasteiger partial charge is 0.396 e. The molecular formula is C17H32O. The van der Waals surface area contributed by atoms with Crippen LogP contribution >= 0.6 is 0 Å². The van der Waals surface area contributed by atoms with Crippen molar-refractivity contribution in [2.45, 2.75) is 73.1 Å². The Hall–Kier alpha value is -0.0400. The summed E-state index contributed by atoms with van der Waals surface area (Å²) in [6.45, 7) is 12.7. The van der Waals surface area contributed by atoms with E-state index in [-0.39, 0.29) is 0 Å². The lowest BCUT2D eigenvalue weighted by Crippen LogP contribution is -2.54. The van der Waals surface area contributed by atoms with Crippen molar-refractivity contribution in [3.8, 4) is 0 Å². The van der Waals surface area contributed by atoms with Crippen molar-refractivity contribution in [3.05, 3.63) is 0 Å². The molecule has 1 nitrogen and oxygen atoms in total. The maximum absolute atomic E-state index is 9.49. The first-order valence-electron chi connectivity index (χ1n) is 7.85. The van der Waals surface area contributed by atoms with E-state index in [1.807, 2.05) is 0 Å². The van der Waals surface area contributed by atoms with Gasteiger partial charge in [-0.15, -0.1) is 0 Å². The predicted octanol–water partition coefficient (Wildman–Crippen LogP) is 4.64. The summed E-state index contributed by atoms with van der Waals surface area (Å²) in [4.78, 5) is 0. The van der Waals surface area contributed by atoms with Crippen molar-refractivity contribution in [1.82, 2.24) is 0 Å². The first-order valence-corrected chi connectivity index (χ1v) is 7.85. The highest BCUT2D eigenvalue weighted by Crippen LogP contribution is 2.64. The summed E-state index contributed by atoms with van der Waals surface area (Å²) in [5.41, 5.74) is 1.35. The molecule has 1 N–H and O–H groups in total. The summed E-state index contributed by atoms with van der Waals surface area (Å²) in [7, 11) is 0. The van der Waals surface area contributed by atoms with E-state index in [9.17, 15) is 5.11 Å². The molecular weight excluding hydrogens is 220 g/mol. The van der Waals surface area contributed by atoms with E-state index in [0.29, 0.717) is 28.8 Å². The monoisotopic (exact) mass is 252 g/mol. The van der Waals surface area contributed by atoms with Crippen LogP contribution in [-0.2, 0) is 0 Å². The van der Waals surface area contributed by atoms with Gasteiger partial charge in [0.1, 0.15) is 0 Å². The number of aliphatic hydroxyl groups is 1. The van der Waals surface area contributed by atoms with Gasteiger partial charge in [-0.1, -0.05) is 41.0 Å². The zero-order chi connectivity index (χ0) is 13.6. The van der Waals surface area contributed by atoms with E-state index in [1.165, 1.54) is 32.1 Å². The molecule has 0 unspecified atom stereocenters. The third kappa shape index (κ3) is 2.13. The second kappa shape index (κ2) is 4.51. The van der Waals surface area contributed by atoms with Crippen molar-refractivity contribution in [2.75, 3.05) is 6.61 Å². The number of fused-ring (bicyclic) bond motifs is 1. The molecule has 2 aliphatic rings. The Labute approximate surface area is 113 Å². The van der Waals surface area contributed by atoms with E-state index in [0.717, 1.165) is 12.3 Å². The molecule has 0 spiro atoms. The third-order valence-corrected chi connectivity index (χ3v) is 6.51. The van der Waals surface area contributed by atoms with Crippen LogP contribution in [0.4, 0.5) is 0 Å². The van der Waals surface area contributed by atoms with Gasteiger partial charge in [-0.25, -0.2) is 0 Å². The van der Waals surface area contributed by atoms with Crippen LogP contribution in [0.15, 0.2) is 0 Å². The molecule has 0 aliphatic heterocycles. The minimum atomic E-state index is 0.358. The zero-order valence-corrected chi connectivity index (χ0v) is 13.1. The lowest BCUT2D eigenvalue weighted by molar-refractivity contribution is -0.129. The van der Waals surface area contributed by atoms with Gasteiger partial charge in [-0.3, -0.25) is 0 Å². The molecule has 18 heavy (non-hydrogen) atoms. The summed E-state index contributed by atoms with van der Waals surface area (Å²) in [6.07, 6.45) is 7.85. The smallest absolute Gasteiger partial charge is 0.0434 e. The van der Waals surface area contributed by atoms with Gasteiger partial charge in [-0.05, 0) is 60.2 Å². The van der Waals surface area contributed by atoms with Crippen molar-refractivity contribution in [2.24, 2.45) is 28.1 Å². The fraction of sp³-hybridized carbons (Fsp3) is 1.00. The number of hydrogen-bond acceptors (Lipinski definition) is 1. The SMILES string of the molecule is CC1(C)CCC[C@@]2(C)[C@H]1CCC(C)(C)[C@@H]2CCO. The quantitative estimate of drug-likeness (QED) is 0.759. The second-order valence-electron chi connectivity index (χ2n) is 8.49. The van der Waals surface area contributed by atoms with Gasteiger partial charge < -0.3 is 5.11 Å². The zero-order valence-electron chi connectivity index (χ0n) is 13.1. The molecule has 106 valence electrons. The Balaban J connectivity index is 2.35. The minimum Gasteiger partial charge on any atom is -0.396 e. The second-order valence-corrected chi connectivity index (χ2v) is 8.49. The van der Waals surface area contributed by atoms with Crippen LogP contribution in [0.1, 0.15) is 73.1 Å². The van der Waals surface area contributed by atoms with Gasteiger partial charge in [0.15, 0.2) is 0 Å².